The van der Waals surface area contributed by atoms with E-state index in [-0.39, 0.29) is 10.8 Å². The molecule has 0 bridgehead atoms. The van der Waals surface area contributed by atoms with E-state index < -0.39 is 25.4 Å². The van der Waals surface area contributed by atoms with Crippen LogP contribution in [0.4, 0.5) is 5.69 Å². The topological polar surface area (TPSA) is 136 Å². The van der Waals surface area contributed by atoms with Crippen molar-refractivity contribution in [2.75, 3.05) is 19.8 Å². The Labute approximate surface area is 155 Å². The van der Waals surface area contributed by atoms with Gasteiger partial charge in [-0.15, -0.1) is 0 Å². The summed E-state index contributed by atoms with van der Waals surface area (Å²) in [6.07, 6.45) is 1.55. The minimum absolute atomic E-state index is 0.210. The minimum Gasteiger partial charge on any atom is -0.507 e. The number of benzene rings is 1. The van der Waals surface area contributed by atoms with Gasteiger partial charge in [0.05, 0.1) is 31.0 Å². The molecule has 0 aliphatic rings. The van der Waals surface area contributed by atoms with Crippen LogP contribution >= 0.6 is 0 Å². The van der Waals surface area contributed by atoms with Crippen molar-refractivity contribution in [3.05, 3.63) is 23.3 Å². The fraction of sp³-hybridized carbons (Fsp3) is 0.632. The van der Waals surface area contributed by atoms with E-state index in [4.69, 9.17) is 21.1 Å². The lowest BCUT2D eigenvalue weighted by molar-refractivity contribution is 0.0697. The van der Waals surface area contributed by atoms with Crippen LogP contribution in [0, 0.1) is 0 Å². The van der Waals surface area contributed by atoms with E-state index >= 15 is 0 Å². The first-order valence-corrected chi connectivity index (χ1v) is 8.33. The number of aliphatic imine (C=N–C) groups is 1. The van der Waals surface area contributed by atoms with Crippen LogP contribution in [0.3, 0.4) is 0 Å². The number of phenols is 1. The molecule has 1 aromatic rings. The normalized spacial score (nSPS) is 12.1. The Bertz CT molecular complexity index is 591. The Kier molecular flexibility index (Phi) is 8.63. The molecular formula is C19H32N2O5. The molecule has 7 nitrogen and oxygen atoms in total. The van der Waals surface area contributed by atoms with Crippen molar-refractivity contribution in [2.45, 2.75) is 57.9 Å². The zero-order chi connectivity index (χ0) is 20.8. The molecule has 7 heteroatoms. The largest absolute Gasteiger partial charge is 0.507 e. The van der Waals surface area contributed by atoms with Crippen molar-refractivity contribution in [2.24, 2.45) is 10.7 Å². The minimum atomic E-state index is -1.21. The molecule has 0 aromatic heterocycles. The molecule has 148 valence electrons. The summed E-state index contributed by atoms with van der Waals surface area (Å²) >= 11 is 0. The van der Waals surface area contributed by atoms with Gasteiger partial charge in [0.15, 0.2) is 0 Å². The van der Waals surface area contributed by atoms with Gasteiger partial charge >= 0.3 is 0 Å². The summed E-state index contributed by atoms with van der Waals surface area (Å²) in [6, 6.07) is 3.49. The van der Waals surface area contributed by atoms with Crippen molar-refractivity contribution in [3.8, 4) is 5.75 Å². The molecule has 0 saturated heterocycles. The lowest BCUT2D eigenvalue weighted by Gasteiger charge is -2.27. The molecule has 6 N–H and O–H groups in total. The highest BCUT2D eigenvalue weighted by molar-refractivity contribution is 5.59. The molecule has 0 saturated carbocycles. The second-order valence-electron chi connectivity index (χ2n) is 8.43. The lowest BCUT2D eigenvalue weighted by atomic mass is 9.79. The predicted octanol–water partition coefficient (Wildman–Crippen LogP) is 1.62. The average Bonchev–Trinajstić information content (AvgIpc) is 2.54. The first-order chi connectivity index (χ1) is 11.8. The van der Waals surface area contributed by atoms with Gasteiger partial charge in [-0.05, 0) is 23.0 Å². The molecule has 0 radical (unpaired) electrons. The smallest absolute Gasteiger partial charge is 0.240 e. The van der Waals surface area contributed by atoms with Gasteiger partial charge in [0.1, 0.15) is 5.75 Å². The maximum Gasteiger partial charge on any atom is 0.240 e. The number of isocyanates is 1. The molecule has 0 aliphatic carbocycles. The van der Waals surface area contributed by atoms with Gasteiger partial charge in [-0.3, -0.25) is 0 Å². The third kappa shape index (κ3) is 6.86. The van der Waals surface area contributed by atoms with Gasteiger partial charge in [-0.1, -0.05) is 41.5 Å². The fourth-order valence-corrected chi connectivity index (χ4v) is 2.03. The molecule has 0 aliphatic heterocycles. The fourth-order valence-electron chi connectivity index (χ4n) is 2.03. The summed E-state index contributed by atoms with van der Waals surface area (Å²) in [7, 11) is 0. The van der Waals surface area contributed by atoms with Crippen LogP contribution in [-0.4, -0.2) is 51.9 Å². The van der Waals surface area contributed by atoms with Crippen LogP contribution in [0.1, 0.15) is 52.7 Å². The maximum absolute atomic E-state index is 10.4. The van der Waals surface area contributed by atoms with Crippen molar-refractivity contribution < 1.29 is 25.2 Å². The number of hydrogen-bond acceptors (Lipinski definition) is 7. The van der Waals surface area contributed by atoms with Gasteiger partial charge < -0.3 is 26.2 Å². The summed E-state index contributed by atoms with van der Waals surface area (Å²) in [4.78, 5) is 14.1. The van der Waals surface area contributed by atoms with E-state index in [1.165, 1.54) is 0 Å². The van der Waals surface area contributed by atoms with Gasteiger partial charge in [0.2, 0.25) is 6.08 Å². The third-order valence-corrected chi connectivity index (χ3v) is 3.83. The summed E-state index contributed by atoms with van der Waals surface area (Å²) in [5, 5.41) is 35.4. The maximum atomic E-state index is 10.4. The number of nitrogens with two attached hydrogens (primary N) is 1. The Morgan fingerprint density at radius 1 is 0.923 bits per heavy atom. The average molecular weight is 368 g/mol. The number of aliphatic hydroxyl groups is 3. The highest BCUT2D eigenvalue weighted by Crippen LogP contribution is 2.41. The Hall–Kier alpha value is -1.76. The van der Waals surface area contributed by atoms with E-state index in [1.807, 2.05) is 41.5 Å². The number of hydrogen-bond donors (Lipinski definition) is 5. The zero-order valence-electron chi connectivity index (χ0n) is 16.5. The Morgan fingerprint density at radius 3 is 1.46 bits per heavy atom. The number of nitrogens with zero attached hydrogens (tertiary/aromatic N) is 1. The van der Waals surface area contributed by atoms with E-state index in [2.05, 4.69) is 4.99 Å². The van der Waals surface area contributed by atoms with E-state index in [1.54, 1.807) is 18.2 Å². The predicted molar refractivity (Wildman–Crippen MR) is 101 cm³/mol. The zero-order valence-corrected chi connectivity index (χ0v) is 16.5. The number of rotatable bonds is 4. The molecule has 26 heavy (non-hydrogen) atoms. The number of phenolic OH excluding ortho intramolecular Hbond substituents is 1. The molecular weight excluding hydrogens is 336 g/mol. The van der Waals surface area contributed by atoms with E-state index in [9.17, 15) is 9.90 Å². The standard InChI is InChI=1S/C15H21NO2.C4H11NO3/c1-14(2,3)11-7-10(16-9-17)8-12(13(11)18)15(4,5)6;5-4(1-6,2-7)3-8/h7-8,18H,1-6H3;6-8H,1-3,5H2. The molecule has 0 atom stereocenters. The lowest BCUT2D eigenvalue weighted by Crippen LogP contribution is -2.50. The van der Waals surface area contributed by atoms with Crippen LogP contribution in [0.2, 0.25) is 0 Å². The molecule has 0 unspecified atom stereocenters. The summed E-state index contributed by atoms with van der Waals surface area (Å²) in [5.41, 5.74) is 5.65. The van der Waals surface area contributed by atoms with Crippen LogP contribution in [0.5, 0.6) is 5.75 Å². The van der Waals surface area contributed by atoms with Gasteiger partial charge in [0, 0.05) is 11.1 Å². The Morgan fingerprint density at radius 2 is 1.27 bits per heavy atom. The molecule has 0 fully saturated rings. The quantitative estimate of drug-likeness (QED) is 0.405. The third-order valence-electron chi connectivity index (χ3n) is 3.83. The molecule has 1 rings (SSSR count). The first kappa shape index (κ1) is 24.2. The van der Waals surface area contributed by atoms with Crippen molar-refractivity contribution >= 4 is 11.8 Å². The van der Waals surface area contributed by atoms with Gasteiger partial charge in [0.25, 0.3) is 0 Å². The number of aliphatic hydroxyl groups excluding tert-OH is 3. The molecule has 1 aromatic carbocycles. The second-order valence-corrected chi connectivity index (χ2v) is 8.43. The van der Waals surface area contributed by atoms with E-state index in [0.29, 0.717) is 11.4 Å². The summed E-state index contributed by atoms with van der Waals surface area (Å²) in [5.74, 6) is 0.292. The van der Waals surface area contributed by atoms with Crippen LogP contribution in [-0.2, 0) is 15.6 Å². The first-order valence-electron chi connectivity index (χ1n) is 8.33. The highest BCUT2D eigenvalue weighted by Gasteiger charge is 2.26. The van der Waals surface area contributed by atoms with Gasteiger partial charge in [-0.25, -0.2) is 4.79 Å². The monoisotopic (exact) mass is 368 g/mol. The van der Waals surface area contributed by atoms with Crippen LogP contribution in [0.25, 0.3) is 0 Å². The van der Waals surface area contributed by atoms with E-state index in [0.717, 1.165) is 11.1 Å². The van der Waals surface area contributed by atoms with Crippen molar-refractivity contribution in [1.29, 1.82) is 0 Å². The SMILES string of the molecule is CC(C)(C)c1cc(N=C=O)cc(C(C)(C)C)c1O.NC(CO)(CO)CO. The summed E-state index contributed by atoms with van der Waals surface area (Å²) in [6.45, 7) is 10.9. The highest BCUT2D eigenvalue weighted by atomic mass is 16.3. The number of carbonyl (C=O) groups excluding carboxylic acids is 1. The molecule has 0 spiro atoms. The number of aromatic hydroxyl groups is 1. The van der Waals surface area contributed by atoms with Gasteiger partial charge in [-0.2, -0.15) is 4.99 Å². The molecule has 0 heterocycles. The van der Waals surface area contributed by atoms with Crippen LogP contribution < -0.4 is 5.73 Å². The summed E-state index contributed by atoms with van der Waals surface area (Å²) < 4.78 is 0. The Balaban J connectivity index is 0.000000660. The van der Waals surface area contributed by atoms with Crippen LogP contribution in [0.15, 0.2) is 17.1 Å². The molecule has 0 amide bonds. The second kappa shape index (κ2) is 9.26. The van der Waals surface area contributed by atoms with Crippen molar-refractivity contribution in [1.82, 2.24) is 0 Å². The van der Waals surface area contributed by atoms with Crippen molar-refractivity contribution in [3.63, 3.8) is 0 Å².